The zero-order valence-electron chi connectivity index (χ0n) is 21.8. The molecule has 1 fully saturated rings. The molecule has 14 heteroatoms. The summed E-state index contributed by atoms with van der Waals surface area (Å²) in [6.07, 6.45) is 4.40. The van der Waals surface area contributed by atoms with Crippen LogP contribution in [0.25, 0.3) is 6.08 Å². The lowest BCUT2D eigenvalue weighted by Crippen LogP contribution is -2.56. The highest BCUT2D eigenvalue weighted by Gasteiger charge is 2.41. The highest BCUT2D eigenvalue weighted by molar-refractivity contribution is 6.28. The van der Waals surface area contributed by atoms with Crippen LogP contribution in [-0.2, 0) is 32.3 Å². The number of nitrogens with zero attached hydrogens (tertiary/aromatic N) is 4. The molecule has 2 rings (SSSR count). The second-order valence-corrected chi connectivity index (χ2v) is 8.76. The van der Waals surface area contributed by atoms with Gasteiger partial charge in [-0.2, -0.15) is 0 Å². The van der Waals surface area contributed by atoms with Gasteiger partial charge >= 0.3 is 23.7 Å². The monoisotopic (exact) mass is 548 g/mol. The lowest BCUT2D eigenvalue weighted by molar-refractivity contribution is -0.139. The topological polar surface area (TPSA) is 197 Å². The molecule has 0 bridgehead atoms. The van der Waals surface area contributed by atoms with Gasteiger partial charge in [0.2, 0.25) is 5.88 Å². The van der Waals surface area contributed by atoms with E-state index in [-0.39, 0.29) is 18.7 Å². The van der Waals surface area contributed by atoms with Crippen LogP contribution in [0.15, 0.2) is 27.3 Å². The van der Waals surface area contributed by atoms with Crippen LogP contribution in [0.4, 0.5) is 4.79 Å². The third kappa shape index (κ3) is 7.30. The quantitative estimate of drug-likeness (QED) is 0.223. The Balaban J connectivity index is 2.56. The number of carbonyl (C=O) groups is 5. The minimum atomic E-state index is -1.24. The number of aromatic hydroxyl groups is 1. The normalized spacial score (nSPS) is 15.1. The van der Waals surface area contributed by atoms with Gasteiger partial charge in [-0.05, 0) is 25.0 Å². The van der Waals surface area contributed by atoms with Crippen molar-refractivity contribution in [2.45, 2.75) is 65.5 Å². The molecule has 0 saturated carbocycles. The zero-order valence-corrected chi connectivity index (χ0v) is 21.8. The molecular formula is C25H32N4O10. The van der Waals surface area contributed by atoms with Crippen molar-refractivity contribution >= 4 is 35.9 Å². The number of aliphatic carboxylic acids is 2. The van der Waals surface area contributed by atoms with Crippen molar-refractivity contribution in [2.75, 3.05) is 13.1 Å². The van der Waals surface area contributed by atoms with Crippen LogP contribution in [0, 0.1) is 0 Å². The van der Waals surface area contributed by atoms with Crippen molar-refractivity contribution in [1.29, 1.82) is 0 Å². The number of carbonyl (C=O) groups excluding carboxylic acids is 3. The summed E-state index contributed by atoms with van der Waals surface area (Å²) in [4.78, 5) is 87.8. The molecule has 3 N–H and O–H groups in total. The molecule has 212 valence electrons. The molecule has 4 amide bonds. The summed E-state index contributed by atoms with van der Waals surface area (Å²) < 4.78 is 1.63. The molecule has 14 nitrogen and oxygen atoms in total. The van der Waals surface area contributed by atoms with Crippen LogP contribution >= 0.6 is 0 Å². The molecule has 0 unspecified atom stereocenters. The summed E-state index contributed by atoms with van der Waals surface area (Å²) in [6.45, 7) is 2.85. The Bertz CT molecular complexity index is 1320. The maximum absolute atomic E-state index is 13.0. The molecule has 1 aromatic rings. The molecule has 1 aromatic heterocycles. The van der Waals surface area contributed by atoms with E-state index < -0.39 is 78.4 Å². The molecule has 0 spiro atoms. The molecule has 1 aliphatic heterocycles. The van der Waals surface area contributed by atoms with Crippen LogP contribution < -0.4 is 11.2 Å². The summed E-state index contributed by atoms with van der Waals surface area (Å²) in [7, 11) is 0. The van der Waals surface area contributed by atoms with Crippen molar-refractivity contribution in [3.8, 4) is 5.88 Å². The number of carboxylic acids is 2. The molecule has 0 aromatic carbocycles. The first-order chi connectivity index (χ1) is 18.5. The average Bonchev–Trinajstić information content (AvgIpc) is 2.87. The van der Waals surface area contributed by atoms with Gasteiger partial charge in [-0.15, -0.1) is 0 Å². The maximum Gasteiger partial charge on any atom is 0.333 e. The van der Waals surface area contributed by atoms with Crippen LogP contribution in [0.2, 0.25) is 0 Å². The van der Waals surface area contributed by atoms with Crippen LogP contribution in [0.5, 0.6) is 5.88 Å². The first-order valence-electron chi connectivity index (χ1n) is 12.5. The van der Waals surface area contributed by atoms with Gasteiger partial charge in [-0.3, -0.25) is 42.9 Å². The van der Waals surface area contributed by atoms with Crippen molar-refractivity contribution in [1.82, 2.24) is 18.9 Å². The predicted octanol–water partition coefficient (Wildman–Crippen LogP) is 0.996. The highest BCUT2D eigenvalue weighted by atomic mass is 16.4. The van der Waals surface area contributed by atoms with Gasteiger partial charge in [0.1, 0.15) is 11.1 Å². The second kappa shape index (κ2) is 13.9. The van der Waals surface area contributed by atoms with E-state index >= 15 is 0 Å². The minimum Gasteiger partial charge on any atom is -0.494 e. The van der Waals surface area contributed by atoms with E-state index in [0.29, 0.717) is 35.2 Å². The van der Waals surface area contributed by atoms with E-state index in [1.165, 1.54) is 0 Å². The van der Waals surface area contributed by atoms with Gasteiger partial charge < -0.3 is 15.3 Å². The van der Waals surface area contributed by atoms with Crippen molar-refractivity contribution in [2.24, 2.45) is 0 Å². The fraction of sp³-hybridized carbons (Fsp3) is 0.480. The lowest BCUT2D eigenvalue weighted by atomic mass is 10.1. The van der Waals surface area contributed by atoms with E-state index in [4.69, 9.17) is 10.2 Å². The molecule has 2 heterocycles. The average molecular weight is 549 g/mol. The number of unbranched alkanes of at least 4 members (excludes halogenated alkanes) is 2. The summed E-state index contributed by atoms with van der Waals surface area (Å²) in [5, 5.41) is 28.6. The van der Waals surface area contributed by atoms with E-state index in [1.54, 1.807) is 0 Å². The van der Waals surface area contributed by atoms with Gasteiger partial charge in [0.05, 0.1) is 12.8 Å². The van der Waals surface area contributed by atoms with Gasteiger partial charge in [-0.1, -0.05) is 32.8 Å². The molecule has 0 radical (unpaired) electrons. The Labute approximate surface area is 223 Å². The Morgan fingerprint density at radius 2 is 1.31 bits per heavy atom. The fourth-order valence-corrected chi connectivity index (χ4v) is 3.78. The zero-order chi connectivity index (χ0) is 29.3. The number of barbiturate groups is 1. The van der Waals surface area contributed by atoms with E-state index in [0.717, 1.165) is 27.7 Å². The molecule has 0 atom stereocenters. The number of rotatable bonds is 14. The summed E-state index contributed by atoms with van der Waals surface area (Å²) in [6, 6.07) is -0.928. The van der Waals surface area contributed by atoms with Crippen molar-refractivity contribution < 1.29 is 39.3 Å². The minimum absolute atomic E-state index is 0.00351. The third-order valence-electron chi connectivity index (χ3n) is 5.94. The first kappa shape index (κ1) is 30.7. The Hall–Kier alpha value is -4.49. The molecule has 39 heavy (non-hydrogen) atoms. The predicted molar refractivity (Wildman–Crippen MR) is 137 cm³/mol. The van der Waals surface area contributed by atoms with Crippen LogP contribution in [0.3, 0.4) is 0 Å². The smallest absolute Gasteiger partial charge is 0.333 e. The number of urea groups is 1. The fourth-order valence-electron chi connectivity index (χ4n) is 3.78. The number of allylic oxidation sites excluding steroid dienone is 2. The van der Waals surface area contributed by atoms with Gasteiger partial charge in [0.15, 0.2) is 0 Å². The van der Waals surface area contributed by atoms with Crippen molar-refractivity contribution in [3.05, 3.63) is 44.1 Å². The number of aromatic nitrogens is 2. The Morgan fingerprint density at radius 1 is 0.769 bits per heavy atom. The molecule has 1 saturated heterocycles. The Morgan fingerprint density at radius 3 is 1.87 bits per heavy atom. The number of hydrogen-bond donors (Lipinski definition) is 3. The number of amides is 4. The highest BCUT2D eigenvalue weighted by Crippen LogP contribution is 2.20. The largest absolute Gasteiger partial charge is 0.494 e. The van der Waals surface area contributed by atoms with Crippen LogP contribution in [0.1, 0.15) is 57.9 Å². The van der Waals surface area contributed by atoms with Gasteiger partial charge in [-0.25, -0.2) is 9.59 Å². The maximum atomic E-state index is 13.0. The summed E-state index contributed by atoms with van der Waals surface area (Å²) in [5.41, 5.74) is -2.67. The number of carboxylic acid groups (broad SMARTS) is 2. The number of hydrogen-bond acceptors (Lipinski definition) is 8. The van der Waals surface area contributed by atoms with E-state index in [1.807, 2.05) is 13.8 Å². The van der Waals surface area contributed by atoms with Gasteiger partial charge in [0.25, 0.3) is 17.4 Å². The van der Waals surface area contributed by atoms with Crippen LogP contribution in [-0.4, -0.2) is 77.1 Å². The SMILES string of the molecule is CCCCN1C(=O)/C(=C\C=Cc2c(O)n(CCCC)c(=O)n(CCC(=O)O)c2=O)C(=O)N(CCC(=O)O)C1=O. The third-order valence-corrected chi connectivity index (χ3v) is 5.94. The molecule has 0 aliphatic carbocycles. The Kier molecular flexibility index (Phi) is 10.9. The molecule has 1 aliphatic rings. The summed E-state index contributed by atoms with van der Waals surface area (Å²) in [5.74, 6) is -5.06. The van der Waals surface area contributed by atoms with E-state index in [9.17, 15) is 38.7 Å². The van der Waals surface area contributed by atoms with Gasteiger partial charge in [0, 0.05) is 26.2 Å². The van der Waals surface area contributed by atoms with E-state index in [2.05, 4.69) is 0 Å². The first-order valence-corrected chi connectivity index (χ1v) is 12.5. The summed E-state index contributed by atoms with van der Waals surface area (Å²) >= 11 is 0. The van der Waals surface area contributed by atoms with Crippen molar-refractivity contribution in [3.63, 3.8) is 0 Å². The lowest BCUT2D eigenvalue weighted by Gasteiger charge is -2.33. The molecular weight excluding hydrogens is 516 g/mol. The number of imide groups is 2. The standard InChI is InChI=1S/C25H32N4O10/c1-3-5-12-26-20(34)16(22(36)28(24(26)38)14-10-18(30)31)8-7-9-17-21(35)27(13-6-4-2)25(39)29(23(17)37)15-11-19(32)33/h7-9,34H,3-6,10-15H2,1-2H3,(H,30,31)(H,32,33)/b8-7?,17-9+. The second-order valence-electron chi connectivity index (χ2n) is 8.76.